The minimum absolute atomic E-state index is 0.229. The van der Waals surface area contributed by atoms with Crippen molar-refractivity contribution >= 4 is 6.09 Å². The zero-order valence-corrected chi connectivity index (χ0v) is 16.6. The Bertz CT molecular complexity index is 546. The normalized spacial score (nSPS) is 17.7. The summed E-state index contributed by atoms with van der Waals surface area (Å²) < 4.78 is 5.25. The maximum atomic E-state index is 11.6. The van der Waals surface area contributed by atoms with Gasteiger partial charge in [-0.15, -0.1) is 0 Å². The maximum absolute atomic E-state index is 11.6. The summed E-state index contributed by atoms with van der Waals surface area (Å²) in [5, 5.41) is 2.83. The first-order chi connectivity index (χ1) is 12.3. The van der Waals surface area contributed by atoms with Crippen LogP contribution in [0.3, 0.4) is 0 Å². The van der Waals surface area contributed by atoms with Crippen molar-refractivity contribution in [2.75, 3.05) is 32.7 Å². The Morgan fingerprint density at radius 1 is 1.23 bits per heavy atom. The highest BCUT2D eigenvalue weighted by atomic mass is 16.6. The van der Waals surface area contributed by atoms with E-state index in [0.29, 0.717) is 6.54 Å². The summed E-state index contributed by atoms with van der Waals surface area (Å²) in [6.07, 6.45) is 3.95. The second-order valence-electron chi connectivity index (χ2n) is 8.49. The molecule has 1 aromatic rings. The van der Waals surface area contributed by atoms with Crippen molar-refractivity contribution in [2.24, 2.45) is 11.1 Å². The van der Waals surface area contributed by atoms with Crippen molar-refractivity contribution < 1.29 is 9.53 Å². The molecule has 0 unspecified atom stereocenters. The molecule has 2 rings (SSSR count). The number of likely N-dealkylation sites (tertiary alicyclic amines) is 1. The molecule has 0 aliphatic carbocycles. The number of carbonyl (C=O) groups is 1. The van der Waals surface area contributed by atoms with Crippen LogP contribution in [0.25, 0.3) is 0 Å². The Kier molecular flexibility index (Phi) is 7.47. The van der Waals surface area contributed by atoms with E-state index in [2.05, 4.69) is 40.5 Å². The molecule has 0 aromatic heterocycles. The van der Waals surface area contributed by atoms with Crippen LogP contribution in [0, 0.1) is 5.41 Å². The van der Waals surface area contributed by atoms with Crippen LogP contribution >= 0.6 is 0 Å². The average Bonchev–Trinajstić information content (AvgIpc) is 2.59. The number of amides is 1. The number of hydrogen-bond donors (Lipinski definition) is 2. The van der Waals surface area contributed by atoms with Gasteiger partial charge in [-0.05, 0) is 83.6 Å². The van der Waals surface area contributed by atoms with E-state index in [0.717, 1.165) is 51.9 Å². The number of alkyl carbamates (subject to hydrolysis) is 1. The summed E-state index contributed by atoms with van der Waals surface area (Å²) in [5.41, 5.74) is 7.32. The van der Waals surface area contributed by atoms with Gasteiger partial charge in [-0.25, -0.2) is 4.79 Å². The van der Waals surface area contributed by atoms with Gasteiger partial charge >= 0.3 is 6.09 Å². The highest BCUT2D eigenvalue weighted by molar-refractivity contribution is 5.67. The zero-order valence-electron chi connectivity index (χ0n) is 16.6. The van der Waals surface area contributed by atoms with Crippen LogP contribution in [0.4, 0.5) is 4.79 Å². The Morgan fingerprint density at radius 3 is 2.46 bits per heavy atom. The Balaban J connectivity index is 1.68. The quantitative estimate of drug-likeness (QED) is 0.732. The number of rotatable bonds is 7. The highest BCUT2D eigenvalue weighted by Crippen LogP contribution is 2.34. The highest BCUT2D eigenvalue weighted by Gasteiger charge is 2.33. The molecule has 5 nitrogen and oxygen atoms in total. The van der Waals surface area contributed by atoms with Crippen molar-refractivity contribution in [3.05, 3.63) is 35.9 Å². The molecule has 1 amide bonds. The van der Waals surface area contributed by atoms with Crippen LogP contribution in [0.2, 0.25) is 0 Å². The first kappa shape index (κ1) is 20.7. The van der Waals surface area contributed by atoms with Gasteiger partial charge in [0.15, 0.2) is 0 Å². The van der Waals surface area contributed by atoms with Crippen molar-refractivity contribution in [3.63, 3.8) is 0 Å². The average molecular weight is 362 g/mol. The molecule has 0 bridgehead atoms. The van der Waals surface area contributed by atoms with Crippen LogP contribution in [0.1, 0.15) is 45.6 Å². The molecule has 3 N–H and O–H groups in total. The third kappa shape index (κ3) is 6.96. The molecule has 1 aliphatic rings. The van der Waals surface area contributed by atoms with Gasteiger partial charge in [0.1, 0.15) is 5.60 Å². The fourth-order valence-electron chi connectivity index (χ4n) is 3.54. The van der Waals surface area contributed by atoms with E-state index in [1.165, 1.54) is 5.56 Å². The Hall–Kier alpha value is -1.59. The summed E-state index contributed by atoms with van der Waals surface area (Å²) in [6, 6.07) is 10.7. The molecule has 146 valence electrons. The predicted molar refractivity (Wildman–Crippen MR) is 106 cm³/mol. The van der Waals surface area contributed by atoms with Crippen LogP contribution in [0.15, 0.2) is 30.3 Å². The van der Waals surface area contributed by atoms with Gasteiger partial charge in [0.05, 0.1) is 0 Å². The van der Waals surface area contributed by atoms with Crippen molar-refractivity contribution in [2.45, 2.75) is 52.1 Å². The molecule has 1 heterocycles. The van der Waals surface area contributed by atoms with E-state index in [1.807, 2.05) is 20.8 Å². The first-order valence-corrected chi connectivity index (χ1v) is 9.75. The smallest absolute Gasteiger partial charge is 0.407 e. The molecule has 0 atom stereocenters. The van der Waals surface area contributed by atoms with E-state index in [4.69, 9.17) is 10.5 Å². The maximum Gasteiger partial charge on any atom is 0.407 e. The fourth-order valence-corrected chi connectivity index (χ4v) is 3.54. The molecular formula is C21H35N3O2. The van der Waals surface area contributed by atoms with E-state index in [-0.39, 0.29) is 11.5 Å². The van der Waals surface area contributed by atoms with Crippen molar-refractivity contribution in [1.82, 2.24) is 10.2 Å². The first-order valence-electron chi connectivity index (χ1n) is 9.75. The summed E-state index contributed by atoms with van der Waals surface area (Å²) in [7, 11) is 0. The minimum atomic E-state index is -0.443. The number of carbonyl (C=O) groups excluding carboxylic acids is 1. The van der Waals surface area contributed by atoms with Gasteiger partial charge in [-0.1, -0.05) is 30.3 Å². The van der Waals surface area contributed by atoms with Gasteiger partial charge in [0.2, 0.25) is 0 Å². The molecule has 1 fully saturated rings. The number of nitrogens with two attached hydrogens (primary N) is 1. The molecule has 1 aliphatic heterocycles. The summed E-state index contributed by atoms with van der Waals surface area (Å²) >= 11 is 0. The van der Waals surface area contributed by atoms with Gasteiger partial charge in [0, 0.05) is 6.54 Å². The Morgan fingerprint density at radius 2 is 1.88 bits per heavy atom. The summed E-state index contributed by atoms with van der Waals surface area (Å²) in [5.74, 6) is 0. The molecule has 26 heavy (non-hydrogen) atoms. The van der Waals surface area contributed by atoms with Crippen molar-refractivity contribution in [1.29, 1.82) is 0 Å². The molecule has 5 heteroatoms. The topological polar surface area (TPSA) is 67.6 Å². The largest absolute Gasteiger partial charge is 0.444 e. The standard InChI is InChI=1S/C21H35N3O2/c1-20(2,3)26-19(25)23-12-7-13-24-14-10-21(17-22,11-15-24)16-18-8-5-4-6-9-18/h4-6,8-9H,7,10-17,22H2,1-3H3,(H,23,25). The number of nitrogens with one attached hydrogen (secondary N) is 1. The lowest BCUT2D eigenvalue weighted by Crippen LogP contribution is -2.45. The lowest BCUT2D eigenvalue weighted by molar-refractivity contribution is 0.0523. The van der Waals surface area contributed by atoms with E-state index < -0.39 is 5.60 Å². The molecule has 1 aromatic carbocycles. The van der Waals surface area contributed by atoms with Crippen molar-refractivity contribution in [3.8, 4) is 0 Å². The number of ether oxygens (including phenoxy) is 1. The fraction of sp³-hybridized carbons (Fsp3) is 0.667. The van der Waals surface area contributed by atoms with Crippen LogP contribution < -0.4 is 11.1 Å². The van der Waals surface area contributed by atoms with Gasteiger partial charge in [-0.2, -0.15) is 0 Å². The van der Waals surface area contributed by atoms with E-state index in [9.17, 15) is 4.79 Å². The second-order valence-corrected chi connectivity index (χ2v) is 8.49. The van der Waals surface area contributed by atoms with Gasteiger partial charge in [-0.3, -0.25) is 0 Å². The molecular weight excluding hydrogens is 326 g/mol. The minimum Gasteiger partial charge on any atom is -0.444 e. The van der Waals surface area contributed by atoms with Gasteiger partial charge in [0.25, 0.3) is 0 Å². The third-order valence-corrected chi connectivity index (χ3v) is 5.09. The Labute approximate surface area is 158 Å². The van der Waals surface area contributed by atoms with Gasteiger partial charge < -0.3 is 20.7 Å². The second kappa shape index (κ2) is 9.38. The number of benzene rings is 1. The number of piperidine rings is 1. The SMILES string of the molecule is CC(C)(C)OC(=O)NCCCN1CCC(CN)(Cc2ccccc2)CC1. The molecule has 0 radical (unpaired) electrons. The molecule has 1 saturated heterocycles. The lowest BCUT2D eigenvalue weighted by Gasteiger charge is -2.41. The van der Waals surface area contributed by atoms with E-state index >= 15 is 0 Å². The summed E-state index contributed by atoms with van der Waals surface area (Å²) in [6.45, 7) is 10.2. The molecule has 0 saturated carbocycles. The van der Waals surface area contributed by atoms with E-state index in [1.54, 1.807) is 0 Å². The monoisotopic (exact) mass is 361 g/mol. The predicted octanol–water partition coefficient (Wildman–Crippen LogP) is 3.18. The molecule has 0 spiro atoms. The number of hydrogen-bond acceptors (Lipinski definition) is 4. The van der Waals surface area contributed by atoms with Crippen LogP contribution in [-0.2, 0) is 11.2 Å². The van der Waals surface area contributed by atoms with Crippen LogP contribution in [0.5, 0.6) is 0 Å². The third-order valence-electron chi connectivity index (χ3n) is 5.09. The lowest BCUT2D eigenvalue weighted by atomic mass is 9.74. The zero-order chi connectivity index (χ0) is 19.0. The van der Waals surface area contributed by atoms with Crippen LogP contribution in [-0.4, -0.2) is 49.3 Å². The number of nitrogens with zero attached hydrogens (tertiary/aromatic N) is 1. The summed E-state index contributed by atoms with van der Waals surface area (Å²) in [4.78, 5) is 14.1.